The number of amides is 1. The Morgan fingerprint density at radius 1 is 1.12 bits per heavy atom. The minimum absolute atomic E-state index is 0.173. The Morgan fingerprint density at radius 2 is 1.80 bits per heavy atom. The van der Waals surface area contributed by atoms with Gasteiger partial charge in [-0.1, -0.05) is 24.3 Å². The predicted octanol–water partition coefficient (Wildman–Crippen LogP) is 2.30. The average molecular weight is 367 g/mol. The third kappa shape index (κ3) is 4.14. The minimum atomic E-state index is -4.22. The molecule has 2 aromatic carbocycles. The SMILES string of the molecule is O=C(CC1Cc2ccccc2O1)NS(=O)(=O)Cc1c(F)cccc1F. The van der Waals surface area contributed by atoms with Crippen LogP contribution >= 0.6 is 0 Å². The first-order chi connectivity index (χ1) is 11.8. The van der Waals surface area contributed by atoms with Crippen LogP contribution in [0.1, 0.15) is 17.5 Å². The van der Waals surface area contributed by atoms with E-state index in [1.807, 2.05) is 16.9 Å². The summed E-state index contributed by atoms with van der Waals surface area (Å²) in [6, 6.07) is 10.3. The summed E-state index contributed by atoms with van der Waals surface area (Å²) in [5.41, 5.74) is 0.337. The average Bonchev–Trinajstić information content (AvgIpc) is 2.92. The summed E-state index contributed by atoms with van der Waals surface area (Å²) in [5.74, 6) is -3.03. The van der Waals surface area contributed by atoms with E-state index >= 15 is 0 Å². The Hall–Kier alpha value is -2.48. The van der Waals surface area contributed by atoms with Gasteiger partial charge in [0, 0.05) is 12.0 Å². The zero-order valence-electron chi connectivity index (χ0n) is 13.0. The first kappa shape index (κ1) is 17.3. The van der Waals surface area contributed by atoms with Gasteiger partial charge in [-0.25, -0.2) is 17.2 Å². The number of halogens is 2. The van der Waals surface area contributed by atoms with Crippen molar-refractivity contribution in [2.24, 2.45) is 0 Å². The minimum Gasteiger partial charge on any atom is -0.489 e. The van der Waals surface area contributed by atoms with Crippen molar-refractivity contribution in [3.8, 4) is 5.75 Å². The highest BCUT2D eigenvalue weighted by Gasteiger charge is 2.27. The van der Waals surface area contributed by atoms with Crippen LogP contribution in [0.25, 0.3) is 0 Å². The Kier molecular flexibility index (Phi) is 4.71. The fourth-order valence-electron chi connectivity index (χ4n) is 2.69. The molecule has 25 heavy (non-hydrogen) atoms. The van der Waals surface area contributed by atoms with Gasteiger partial charge in [-0.3, -0.25) is 9.52 Å². The fraction of sp³-hybridized carbons (Fsp3) is 0.235. The zero-order valence-corrected chi connectivity index (χ0v) is 13.9. The lowest BCUT2D eigenvalue weighted by Gasteiger charge is -2.12. The number of ether oxygens (including phenoxy) is 1. The Balaban J connectivity index is 1.61. The van der Waals surface area contributed by atoms with Crippen LogP contribution in [0.3, 0.4) is 0 Å². The molecule has 0 radical (unpaired) electrons. The lowest BCUT2D eigenvalue weighted by molar-refractivity contribution is -0.120. The molecular formula is C17H15F2NO4S. The predicted molar refractivity (Wildman–Crippen MR) is 86.3 cm³/mol. The summed E-state index contributed by atoms with van der Waals surface area (Å²) in [6.07, 6.45) is -0.156. The summed E-state index contributed by atoms with van der Waals surface area (Å²) in [6.45, 7) is 0. The molecule has 0 fully saturated rings. The maximum Gasteiger partial charge on any atom is 0.239 e. The summed E-state index contributed by atoms with van der Waals surface area (Å²) < 4.78 is 58.5. The van der Waals surface area contributed by atoms with Crippen molar-refractivity contribution in [1.29, 1.82) is 0 Å². The van der Waals surface area contributed by atoms with Crippen molar-refractivity contribution in [1.82, 2.24) is 4.72 Å². The molecule has 1 amide bonds. The van der Waals surface area contributed by atoms with Gasteiger partial charge in [0.05, 0.1) is 6.42 Å². The van der Waals surface area contributed by atoms with Crippen molar-refractivity contribution in [2.75, 3.05) is 0 Å². The standard InChI is InChI=1S/C17H15F2NO4S/c18-14-5-3-6-15(19)13(14)10-25(22,23)20-17(21)9-12-8-11-4-1-2-7-16(11)24-12/h1-7,12H,8-10H2,(H,20,21). The number of carbonyl (C=O) groups excluding carboxylic acids is 1. The zero-order chi connectivity index (χ0) is 18.0. The van der Waals surface area contributed by atoms with Crippen LogP contribution in [0.5, 0.6) is 5.75 Å². The molecule has 132 valence electrons. The van der Waals surface area contributed by atoms with Crippen LogP contribution < -0.4 is 9.46 Å². The number of carbonyl (C=O) groups is 1. The number of hydrogen-bond donors (Lipinski definition) is 1. The molecule has 1 unspecified atom stereocenters. The van der Waals surface area contributed by atoms with Gasteiger partial charge in [0.1, 0.15) is 29.2 Å². The van der Waals surface area contributed by atoms with Crippen LogP contribution in [0.4, 0.5) is 8.78 Å². The molecule has 0 spiro atoms. The summed E-state index contributed by atoms with van der Waals surface area (Å²) in [7, 11) is -4.22. The molecule has 0 saturated heterocycles. The smallest absolute Gasteiger partial charge is 0.239 e. The van der Waals surface area contributed by atoms with Crippen molar-refractivity contribution < 1.29 is 26.7 Å². The first-order valence-corrected chi connectivity index (χ1v) is 9.20. The van der Waals surface area contributed by atoms with Crippen molar-refractivity contribution in [3.05, 3.63) is 65.2 Å². The molecule has 3 rings (SSSR count). The van der Waals surface area contributed by atoms with Gasteiger partial charge in [-0.2, -0.15) is 0 Å². The van der Waals surface area contributed by atoms with E-state index in [0.29, 0.717) is 12.2 Å². The molecule has 1 heterocycles. The highest BCUT2D eigenvalue weighted by Crippen LogP contribution is 2.29. The molecule has 1 aliphatic rings. The molecule has 0 aliphatic carbocycles. The first-order valence-electron chi connectivity index (χ1n) is 7.55. The largest absolute Gasteiger partial charge is 0.489 e. The lowest BCUT2D eigenvalue weighted by Crippen LogP contribution is -2.35. The molecule has 1 N–H and O–H groups in total. The molecule has 1 atom stereocenters. The topological polar surface area (TPSA) is 72.5 Å². The van der Waals surface area contributed by atoms with Gasteiger partial charge in [0.15, 0.2) is 0 Å². The molecule has 1 aliphatic heterocycles. The monoisotopic (exact) mass is 367 g/mol. The summed E-state index contributed by atoms with van der Waals surface area (Å²) >= 11 is 0. The van der Waals surface area contributed by atoms with Gasteiger partial charge in [0.25, 0.3) is 0 Å². The molecular weight excluding hydrogens is 352 g/mol. The summed E-state index contributed by atoms with van der Waals surface area (Å²) in [4.78, 5) is 12.0. The number of rotatable bonds is 5. The van der Waals surface area contributed by atoms with Crippen LogP contribution in [0, 0.1) is 11.6 Å². The van der Waals surface area contributed by atoms with E-state index in [1.165, 1.54) is 0 Å². The molecule has 5 nitrogen and oxygen atoms in total. The van der Waals surface area contributed by atoms with E-state index < -0.39 is 45.0 Å². The number of benzene rings is 2. The molecule has 0 saturated carbocycles. The maximum absolute atomic E-state index is 13.6. The van der Waals surface area contributed by atoms with E-state index in [4.69, 9.17) is 4.74 Å². The fourth-order valence-corrected chi connectivity index (χ4v) is 3.84. The van der Waals surface area contributed by atoms with E-state index in [2.05, 4.69) is 0 Å². The van der Waals surface area contributed by atoms with Gasteiger partial charge in [-0.15, -0.1) is 0 Å². The molecule has 0 aromatic heterocycles. The molecule has 0 bridgehead atoms. The summed E-state index contributed by atoms with van der Waals surface area (Å²) in [5, 5.41) is 0. The number of sulfonamides is 1. The third-order valence-electron chi connectivity index (χ3n) is 3.79. The number of hydrogen-bond acceptors (Lipinski definition) is 4. The Bertz CT molecular complexity index is 869. The highest BCUT2D eigenvalue weighted by atomic mass is 32.2. The van der Waals surface area contributed by atoms with Crippen LogP contribution in [-0.2, 0) is 27.0 Å². The van der Waals surface area contributed by atoms with Crippen LogP contribution in [0.15, 0.2) is 42.5 Å². The second-order valence-corrected chi connectivity index (χ2v) is 7.46. The highest BCUT2D eigenvalue weighted by molar-refractivity contribution is 7.89. The maximum atomic E-state index is 13.6. The van der Waals surface area contributed by atoms with Crippen LogP contribution in [-0.4, -0.2) is 20.4 Å². The normalized spacial score (nSPS) is 16.2. The van der Waals surface area contributed by atoms with Gasteiger partial charge in [0.2, 0.25) is 15.9 Å². The van der Waals surface area contributed by atoms with E-state index in [-0.39, 0.29) is 6.42 Å². The van der Waals surface area contributed by atoms with Crippen molar-refractivity contribution in [3.63, 3.8) is 0 Å². The van der Waals surface area contributed by atoms with Gasteiger partial charge < -0.3 is 4.74 Å². The molecule has 2 aromatic rings. The second-order valence-electron chi connectivity index (χ2n) is 5.74. The Labute approximate surface area is 143 Å². The lowest BCUT2D eigenvalue weighted by atomic mass is 10.1. The molecule has 8 heteroatoms. The number of para-hydroxylation sites is 1. The Morgan fingerprint density at radius 3 is 2.48 bits per heavy atom. The quantitative estimate of drug-likeness (QED) is 0.880. The second kappa shape index (κ2) is 6.79. The van der Waals surface area contributed by atoms with Crippen molar-refractivity contribution in [2.45, 2.75) is 24.7 Å². The number of nitrogens with one attached hydrogen (secondary N) is 1. The van der Waals surface area contributed by atoms with E-state index in [0.717, 1.165) is 23.8 Å². The van der Waals surface area contributed by atoms with Crippen molar-refractivity contribution >= 4 is 15.9 Å². The van der Waals surface area contributed by atoms with Crippen LogP contribution in [0.2, 0.25) is 0 Å². The van der Waals surface area contributed by atoms with Gasteiger partial charge >= 0.3 is 0 Å². The van der Waals surface area contributed by atoms with Gasteiger partial charge in [-0.05, 0) is 23.8 Å². The number of fused-ring (bicyclic) bond motifs is 1. The van der Waals surface area contributed by atoms with E-state index in [9.17, 15) is 22.0 Å². The van der Waals surface area contributed by atoms with E-state index in [1.54, 1.807) is 12.1 Å². The third-order valence-corrected chi connectivity index (χ3v) is 5.00.